The molecule has 1 aromatic carbocycles. The molecule has 0 fully saturated rings. The lowest BCUT2D eigenvalue weighted by Crippen LogP contribution is -2.30. The van der Waals surface area contributed by atoms with Gasteiger partial charge in [-0.25, -0.2) is 0 Å². The van der Waals surface area contributed by atoms with E-state index in [2.05, 4.69) is 26.3 Å². The number of benzene rings is 1. The van der Waals surface area contributed by atoms with Gasteiger partial charge in [0.2, 0.25) is 0 Å². The van der Waals surface area contributed by atoms with Gasteiger partial charge in [0.15, 0.2) is 0 Å². The molecule has 9 heteroatoms. The SMILES string of the molecule is Cn1nccc1-c1sc(N[C@H](CN)Cc2cccc(C(F)(F)F)c2)cc1Br. The van der Waals surface area contributed by atoms with Crippen molar-refractivity contribution in [1.29, 1.82) is 0 Å². The summed E-state index contributed by atoms with van der Waals surface area (Å²) < 4.78 is 41.4. The van der Waals surface area contributed by atoms with Gasteiger partial charge in [0.25, 0.3) is 0 Å². The van der Waals surface area contributed by atoms with E-state index in [9.17, 15) is 13.2 Å². The molecule has 3 rings (SSSR count). The second-order valence-electron chi connectivity index (χ2n) is 6.11. The highest BCUT2D eigenvalue weighted by Crippen LogP contribution is 2.39. The smallest absolute Gasteiger partial charge is 0.373 e. The van der Waals surface area contributed by atoms with Crippen molar-refractivity contribution in [3.8, 4) is 10.6 Å². The average molecular weight is 459 g/mol. The van der Waals surface area contributed by atoms with Crippen molar-refractivity contribution in [2.45, 2.75) is 18.6 Å². The van der Waals surface area contributed by atoms with Crippen LogP contribution in [0.15, 0.2) is 47.1 Å². The number of anilines is 1. The van der Waals surface area contributed by atoms with Crippen LogP contribution in [0, 0.1) is 0 Å². The molecule has 0 aliphatic carbocycles. The molecule has 0 amide bonds. The predicted molar refractivity (Wildman–Crippen MR) is 106 cm³/mol. The van der Waals surface area contributed by atoms with Gasteiger partial charge in [-0.15, -0.1) is 11.3 Å². The lowest BCUT2D eigenvalue weighted by atomic mass is 10.0. The summed E-state index contributed by atoms with van der Waals surface area (Å²) in [5.41, 5.74) is 6.77. The largest absolute Gasteiger partial charge is 0.416 e. The highest BCUT2D eigenvalue weighted by atomic mass is 79.9. The maximum absolute atomic E-state index is 12.9. The molecule has 27 heavy (non-hydrogen) atoms. The van der Waals surface area contributed by atoms with Crippen molar-refractivity contribution in [3.05, 3.63) is 58.2 Å². The first-order valence-corrected chi connectivity index (χ1v) is 9.79. The second-order valence-corrected chi connectivity index (χ2v) is 8.01. The van der Waals surface area contributed by atoms with Crippen LogP contribution in [0.1, 0.15) is 11.1 Å². The lowest BCUT2D eigenvalue weighted by molar-refractivity contribution is -0.137. The van der Waals surface area contributed by atoms with Gasteiger partial charge in [0, 0.05) is 30.3 Å². The Hall–Kier alpha value is -1.84. The highest BCUT2D eigenvalue weighted by molar-refractivity contribution is 9.10. The topological polar surface area (TPSA) is 55.9 Å². The summed E-state index contributed by atoms with van der Waals surface area (Å²) in [6.45, 7) is 0.298. The zero-order chi connectivity index (χ0) is 19.6. The third-order valence-electron chi connectivity index (χ3n) is 4.11. The van der Waals surface area contributed by atoms with E-state index in [4.69, 9.17) is 5.73 Å². The lowest BCUT2D eigenvalue weighted by Gasteiger charge is -2.17. The number of thiophene rings is 1. The zero-order valence-electron chi connectivity index (χ0n) is 14.4. The monoisotopic (exact) mass is 458 g/mol. The summed E-state index contributed by atoms with van der Waals surface area (Å²) in [7, 11) is 1.87. The first-order chi connectivity index (χ1) is 12.8. The molecule has 0 saturated carbocycles. The Bertz CT molecular complexity index is 919. The molecular formula is C18H18BrF3N4S. The van der Waals surface area contributed by atoms with Gasteiger partial charge in [-0.1, -0.05) is 18.2 Å². The Kier molecular flexibility index (Phi) is 5.92. The molecule has 0 aliphatic heterocycles. The minimum absolute atomic E-state index is 0.182. The first kappa shape index (κ1) is 19.9. The molecule has 0 aliphatic rings. The fourth-order valence-electron chi connectivity index (χ4n) is 2.76. The summed E-state index contributed by atoms with van der Waals surface area (Å²) in [6, 6.07) is 9.05. The van der Waals surface area contributed by atoms with Crippen LogP contribution in [0.25, 0.3) is 10.6 Å². The van der Waals surface area contributed by atoms with Crippen LogP contribution < -0.4 is 11.1 Å². The van der Waals surface area contributed by atoms with Gasteiger partial charge in [-0.3, -0.25) is 4.68 Å². The maximum atomic E-state index is 12.9. The number of aromatic nitrogens is 2. The van der Waals surface area contributed by atoms with Crippen LogP contribution in [-0.2, 0) is 19.6 Å². The molecule has 0 bridgehead atoms. The standard InChI is InChI=1S/C18H18BrF3N4S/c1-26-15(5-6-24-26)17-14(19)9-16(27-17)25-13(10-23)8-11-3-2-4-12(7-11)18(20,21)22/h2-7,9,13,25H,8,10,23H2,1H3/t13-/m0/s1. The number of nitrogens with two attached hydrogens (primary N) is 1. The van der Waals surface area contributed by atoms with E-state index in [0.717, 1.165) is 26.1 Å². The number of alkyl halides is 3. The van der Waals surface area contributed by atoms with Crippen molar-refractivity contribution >= 4 is 32.3 Å². The normalized spacial score (nSPS) is 13.0. The summed E-state index contributed by atoms with van der Waals surface area (Å²) in [5.74, 6) is 0. The zero-order valence-corrected chi connectivity index (χ0v) is 16.8. The number of hydrogen-bond donors (Lipinski definition) is 2. The molecular weight excluding hydrogens is 441 g/mol. The number of rotatable bonds is 6. The molecule has 2 heterocycles. The van der Waals surface area contributed by atoms with Crippen LogP contribution >= 0.6 is 27.3 Å². The molecule has 4 nitrogen and oxygen atoms in total. The van der Waals surface area contributed by atoms with E-state index in [1.807, 2.05) is 19.2 Å². The minimum atomic E-state index is -4.35. The van der Waals surface area contributed by atoms with Crippen molar-refractivity contribution in [3.63, 3.8) is 0 Å². The predicted octanol–water partition coefficient (Wildman–Crippen LogP) is 4.91. The Balaban J connectivity index is 1.76. The van der Waals surface area contributed by atoms with Crippen LogP contribution in [0.3, 0.4) is 0 Å². The van der Waals surface area contributed by atoms with Crippen LogP contribution in [0.2, 0.25) is 0 Å². The van der Waals surface area contributed by atoms with E-state index < -0.39 is 11.7 Å². The minimum Gasteiger partial charge on any atom is -0.373 e. The molecule has 3 N–H and O–H groups in total. The van der Waals surface area contributed by atoms with Gasteiger partial charge in [0.05, 0.1) is 21.1 Å². The maximum Gasteiger partial charge on any atom is 0.416 e. The summed E-state index contributed by atoms with van der Waals surface area (Å²) in [4.78, 5) is 1.02. The molecule has 1 atom stereocenters. The molecule has 2 aromatic heterocycles. The fourth-order valence-corrected chi connectivity index (χ4v) is 4.67. The molecule has 0 spiro atoms. The van der Waals surface area contributed by atoms with Crippen molar-refractivity contribution < 1.29 is 13.2 Å². The molecule has 0 radical (unpaired) electrons. The Morgan fingerprint density at radius 1 is 1.30 bits per heavy atom. The Labute approximate surface area is 167 Å². The van der Waals surface area contributed by atoms with E-state index in [1.54, 1.807) is 16.9 Å². The third-order valence-corrected chi connectivity index (χ3v) is 6.08. The van der Waals surface area contributed by atoms with E-state index in [1.165, 1.54) is 23.5 Å². The van der Waals surface area contributed by atoms with Crippen molar-refractivity contribution in [2.75, 3.05) is 11.9 Å². The summed E-state index contributed by atoms with van der Waals surface area (Å²) >= 11 is 5.09. The fraction of sp³-hybridized carbons (Fsp3) is 0.278. The molecule has 144 valence electrons. The Morgan fingerprint density at radius 2 is 2.07 bits per heavy atom. The number of nitrogens with zero attached hydrogens (tertiary/aromatic N) is 2. The number of nitrogens with one attached hydrogen (secondary N) is 1. The summed E-state index contributed by atoms with van der Waals surface area (Å²) in [6.07, 6.45) is -2.22. The second kappa shape index (κ2) is 8.04. The Morgan fingerprint density at radius 3 is 2.70 bits per heavy atom. The van der Waals surface area contributed by atoms with Crippen LogP contribution in [-0.4, -0.2) is 22.4 Å². The van der Waals surface area contributed by atoms with Gasteiger partial charge in [-0.05, 0) is 46.1 Å². The van der Waals surface area contributed by atoms with Gasteiger partial charge in [0.1, 0.15) is 0 Å². The average Bonchev–Trinajstić information content (AvgIpc) is 3.18. The first-order valence-electron chi connectivity index (χ1n) is 8.18. The third kappa shape index (κ3) is 4.72. The van der Waals surface area contributed by atoms with Crippen LogP contribution in [0.5, 0.6) is 0 Å². The quantitative estimate of drug-likeness (QED) is 0.551. The number of halogens is 4. The highest BCUT2D eigenvalue weighted by Gasteiger charge is 2.30. The van der Waals surface area contributed by atoms with E-state index >= 15 is 0 Å². The van der Waals surface area contributed by atoms with Crippen molar-refractivity contribution in [2.24, 2.45) is 12.8 Å². The summed E-state index contributed by atoms with van der Waals surface area (Å²) in [5, 5.41) is 8.39. The van der Waals surface area contributed by atoms with Gasteiger partial charge >= 0.3 is 6.18 Å². The van der Waals surface area contributed by atoms with E-state index in [-0.39, 0.29) is 6.04 Å². The molecule has 0 unspecified atom stereocenters. The number of aryl methyl sites for hydroxylation is 1. The van der Waals surface area contributed by atoms with E-state index in [0.29, 0.717) is 18.5 Å². The van der Waals surface area contributed by atoms with Crippen LogP contribution in [0.4, 0.5) is 18.2 Å². The van der Waals surface area contributed by atoms with Gasteiger partial charge in [-0.2, -0.15) is 18.3 Å². The molecule has 0 saturated heterocycles. The number of hydrogen-bond acceptors (Lipinski definition) is 4. The van der Waals surface area contributed by atoms with Gasteiger partial charge < -0.3 is 11.1 Å². The van der Waals surface area contributed by atoms with Crippen molar-refractivity contribution in [1.82, 2.24) is 9.78 Å². The molecule has 3 aromatic rings.